The summed E-state index contributed by atoms with van der Waals surface area (Å²) in [6.07, 6.45) is 4.64. The summed E-state index contributed by atoms with van der Waals surface area (Å²) in [7, 11) is 2.95. The highest BCUT2D eigenvalue weighted by molar-refractivity contribution is 6.04. The van der Waals surface area contributed by atoms with Gasteiger partial charge in [-0.2, -0.15) is 0 Å². The van der Waals surface area contributed by atoms with Gasteiger partial charge in [0.2, 0.25) is 0 Å². The summed E-state index contributed by atoms with van der Waals surface area (Å²) >= 11 is 0. The number of rotatable bonds is 6. The Kier molecular flexibility index (Phi) is 13.1. The van der Waals surface area contributed by atoms with Crippen LogP contribution in [0.5, 0.6) is 11.5 Å². The van der Waals surface area contributed by atoms with Gasteiger partial charge >= 0.3 is 6.09 Å². The van der Waals surface area contributed by atoms with Crippen LogP contribution in [0.25, 0.3) is 0 Å². The number of nitrogens with one attached hydrogen (secondary N) is 2. The summed E-state index contributed by atoms with van der Waals surface area (Å²) in [6.45, 7) is 11.1. The summed E-state index contributed by atoms with van der Waals surface area (Å²) in [5.74, 6) is -1.41. The number of amides is 2. The molecule has 2 bridgehead atoms. The molecule has 2 amide bonds. The first kappa shape index (κ1) is 34.4. The Morgan fingerprint density at radius 1 is 1.24 bits per heavy atom. The van der Waals surface area contributed by atoms with Crippen molar-refractivity contribution in [2.45, 2.75) is 65.0 Å². The van der Waals surface area contributed by atoms with Crippen molar-refractivity contribution in [2.24, 2.45) is 17.6 Å². The summed E-state index contributed by atoms with van der Waals surface area (Å²) in [5, 5.41) is 39.1. The van der Waals surface area contributed by atoms with Crippen LogP contribution in [0.15, 0.2) is 54.2 Å². The van der Waals surface area contributed by atoms with Crippen molar-refractivity contribution in [3.8, 4) is 11.5 Å². The molecule has 42 heavy (non-hydrogen) atoms. The van der Waals surface area contributed by atoms with E-state index >= 15 is 0 Å². The summed E-state index contributed by atoms with van der Waals surface area (Å²) in [6, 6.07) is 1.28. The van der Waals surface area contributed by atoms with Crippen molar-refractivity contribution in [3.05, 3.63) is 59.7 Å². The third kappa shape index (κ3) is 9.10. The smallest absolute Gasteiger partial charge is 0.405 e. The summed E-state index contributed by atoms with van der Waals surface area (Å²) in [5.41, 5.74) is 7.01. The number of nitrogens with two attached hydrogens (primary N) is 1. The first-order chi connectivity index (χ1) is 19.8. The molecule has 0 aliphatic carbocycles. The molecule has 232 valence electrons. The van der Waals surface area contributed by atoms with Crippen molar-refractivity contribution in [1.29, 1.82) is 0 Å². The molecule has 1 aromatic rings. The second-order valence-corrected chi connectivity index (χ2v) is 10.6. The number of phenols is 2. The molecule has 0 aromatic heterocycles. The van der Waals surface area contributed by atoms with Crippen LogP contribution >= 0.6 is 0 Å². The monoisotopic (exact) mass is 587 g/mol. The molecule has 7 N–H and O–H groups in total. The minimum absolute atomic E-state index is 0.0416. The zero-order chi connectivity index (χ0) is 31.6. The van der Waals surface area contributed by atoms with Crippen LogP contribution in [0, 0.1) is 11.8 Å². The predicted octanol–water partition coefficient (Wildman–Crippen LogP) is 4.16. The molecule has 11 nitrogen and oxygen atoms in total. The van der Waals surface area contributed by atoms with Crippen LogP contribution < -0.4 is 16.4 Å². The Bertz CT molecular complexity index is 1210. The van der Waals surface area contributed by atoms with E-state index in [1.807, 2.05) is 13.8 Å². The Labute approximate surface area is 247 Å². The zero-order valence-electron chi connectivity index (χ0n) is 25.2. The first-order valence-electron chi connectivity index (χ1n) is 13.8. The largest absolute Gasteiger partial charge is 0.506 e. The fourth-order valence-corrected chi connectivity index (χ4v) is 4.98. The van der Waals surface area contributed by atoms with Gasteiger partial charge in [0.1, 0.15) is 17.6 Å². The number of aliphatic hydroxyl groups is 1. The Balaban J connectivity index is 2.67. The van der Waals surface area contributed by atoms with E-state index in [9.17, 15) is 24.9 Å². The average Bonchev–Trinajstić information content (AvgIpc) is 2.94. The number of fused-ring (bicyclic) bond motifs is 2. The molecule has 2 unspecified atom stereocenters. The lowest BCUT2D eigenvalue weighted by atomic mass is 9.87. The molecule has 1 aromatic carbocycles. The normalized spacial score (nSPS) is 29.3. The molecule has 11 heteroatoms. The van der Waals surface area contributed by atoms with Crippen molar-refractivity contribution in [3.63, 3.8) is 0 Å². The van der Waals surface area contributed by atoms with E-state index in [1.54, 1.807) is 38.2 Å². The van der Waals surface area contributed by atoms with Gasteiger partial charge in [-0.3, -0.25) is 4.79 Å². The molecular weight excluding hydrogens is 542 g/mol. The molecule has 1 heterocycles. The number of ether oxygens (including phenoxy) is 3. The molecule has 6 atom stereocenters. The van der Waals surface area contributed by atoms with Crippen LogP contribution in [-0.2, 0) is 25.4 Å². The maximum absolute atomic E-state index is 13.0. The average molecular weight is 588 g/mol. The van der Waals surface area contributed by atoms with Gasteiger partial charge in [0.15, 0.2) is 6.10 Å². The number of methoxy groups -OCH3 is 2. The van der Waals surface area contributed by atoms with Gasteiger partial charge in [0.05, 0.1) is 23.6 Å². The lowest BCUT2D eigenvalue weighted by molar-refractivity contribution is -0.112. The summed E-state index contributed by atoms with van der Waals surface area (Å²) in [4.78, 5) is 24.7. The highest BCUT2D eigenvalue weighted by Crippen LogP contribution is 2.42. The van der Waals surface area contributed by atoms with Gasteiger partial charge in [-0.05, 0) is 38.2 Å². The molecule has 0 radical (unpaired) electrons. The number of aromatic hydroxyl groups is 2. The zero-order valence-corrected chi connectivity index (χ0v) is 25.2. The summed E-state index contributed by atoms with van der Waals surface area (Å²) < 4.78 is 16.6. The fourth-order valence-electron chi connectivity index (χ4n) is 4.98. The number of allylic oxidation sites excluding steroid dienone is 2. The van der Waals surface area contributed by atoms with E-state index < -0.39 is 42.3 Å². The Morgan fingerprint density at radius 3 is 2.52 bits per heavy atom. The molecule has 2 rings (SSSR count). The number of phenolic OH excluding ortho intramolecular Hbond substituents is 2. The first-order valence-corrected chi connectivity index (χ1v) is 13.8. The SMILES string of the molecule is C=CCNc1c(O)cc2c(O)c1C[C@@H](C)CC(OC)[C@H](O)[C@@H](C)/C=C(\C)C(OC(N)=O)[C@@H](OC)/C=C\C=C(/C)C(=O)N2. The molecule has 1 aliphatic rings. The van der Waals surface area contributed by atoms with Gasteiger partial charge < -0.3 is 45.9 Å². The van der Waals surface area contributed by atoms with Gasteiger partial charge in [-0.15, -0.1) is 6.58 Å². The van der Waals surface area contributed by atoms with Crippen LogP contribution in [0.4, 0.5) is 16.2 Å². The second kappa shape index (κ2) is 16.0. The number of hydrogen-bond acceptors (Lipinski definition) is 9. The topological polar surface area (TPSA) is 173 Å². The van der Waals surface area contributed by atoms with E-state index in [1.165, 1.54) is 26.4 Å². The fraction of sp³-hybridized carbons (Fsp3) is 0.484. The second-order valence-electron chi connectivity index (χ2n) is 10.6. The number of carbonyl (C=O) groups excluding carboxylic acids is 2. The number of primary amides is 1. The van der Waals surface area contributed by atoms with E-state index in [-0.39, 0.29) is 23.1 Å². The quantitative estimate of drug-likeness (QED) is 0.162. The minimum Gasteiger partial charge on any atom is -0.506 e. The number of aliphatic hydroxyl groups excluding tert-OH is 1. The molecule has 0 spiro atoms. The third-order valence-corrected chi connectivity index (χ3v) is 7.25. The lowest BCUT2D eigenvalue weighted by Gasteiger charge is -2.29. The van der Waals surface area contributed by atoms with E-state index in [4.69, 9.17) is 19.9 Å². The molecule has 0 saturated carbocycles. The standard InChI is InChI=1S/C31H45N3O8/c1-8-12-33-26-21-13-17(2)14-25(41-7)27(36)19(4)15-20(5)29(42-31(32)39)24(40-6)11-9-10-18(3)30(38)34-22(28(21)37)16-23(26)35/h8-11,15-17,19,24-25,27,29,33,35-37H,1,12-14H2,2-7H3,(H2,32,39)(H,34,38)/b11-9-,18-10+,20-15+/t17-,19+,24+,25?,27-,29?/m1/s1. The molecule has 0 fully saturated rings. The van der Waals surface area contributed by atoms with Crippen LogP contribution in [0.2, 0.25) is 0 Å². The molecular formula is C31H45N3O8. The lowest BCUT2D eigenvalue weighted by Crippen LogP contribution is -2.37. The number of benzene rings is 1. The van der Waals surface area contributed by atoms with E-state index in [0.717, 1.165) is 0 Å². The van der Waals surface area contributed by atoms with Gasteiger partial charge in [-0.1, -0.05) is 44.2 Å². The van der Waals surface area contributed by atoms with Crippen LogP contribution in [-0.4, -0.2) is 72.5 Å². The maximum atomic E-state index is 13.0. The molecule has 0 saturated heterocycles. The minimum atomic E-state index is -0.990. The number of anilines is 2. The van der Waals surface area contributed by atoms with E-state index in [0.29, 0.717) is 41.8 Å². The van der Waals surface area contributed by atoms with Crippen molar-refractivity contribution >= 4 is 23.4 Å². The Morgan fingerprint density at radius 2 is 1.93 bits per heavy atom. The Hall–Kier alpha value is -3.80. The van der Waals surface area contributed by atoms with Crippen LogP contribution in [0.1, 0.15) is 39.7 Å². The van der Waals surface area contributed by atoms with Crippen molar-refractivity contribution < 1.29 is 39.1 Å². The molecule has 1 aliphatic heterocycles. The number of carbonyl (C=O) groups is 2. The van der Waals surface area contributed by atoms with E-state index in [2.05, 4.69) is 17.2 Å². The van der Waals surface area contributed by atoms with Gasteiger partial charge in [-0.25, -0.2) is 4.79 Å². The predicted molar refractivity (Wildman–Crippen MR) is 162 cm³/mol. The highest BCUT2D eigenvalue weighted by atomic mass is 16.6. The maximum Gasteiger partial charge on any atom is 0.405 e. The number of hydrogen-bond donors (Lipinski definition) is 6. The van der Waals surface area contributed by atoms with Crippen LogP contribution in [0.3, 0.4) is 0 Å². The van der Waals surface area contributed by atoms with Crippen molar-refractivity contribution in [1.82, 2.24) is 0 Å². The van der Waals surface area contributed by atoms with Crippen molar-refractivity contribution in [2.75, 3.05) is 31.4 Å². The third-order valence-electron chi connectivity index (χ3n) is 7.25. The van der Waals surface area contributed by atoms with Gasteiger partial charge in [0.25, 0.3) is 5.91 Å². The van der Waals surface area contributed by atoms with Gasteiger partial charge in [0, 0.05) is 43.9 Å². The highest BCUT2D eigenvalue weighted by Gasteiger charge is 2.30.